The van der Waals surface area contributed by atoms with Crippen molar-refractivity contribution in [2.75, 3.05) is 7.05 Å². The first kappa shape index (κ1) is 19.0. The van der Waals surface area contributed by atoms with Gasteiger partial charge < -0.3 is 20.5 Å². The molecule has 0 saturated heterocycles. The van der Waals surface area contributed by atoms with Crippen molar-refractivity contribution in [3.63, 3.8) is 0 Å². The first-order chi connectivity index (χ1) is 10.7. The number of alkyl carbamates (subject to hydrolysis) is 1. The van der Waals surface area contributed by atoms with E-state index in [9.17, 15) is 14.7 Å². The zero-order valence-electron chi connectivity index (χ0n) is 14.1. The van der Waals surface area contributed by atoms with Crippen LogP contribution in [0, 0.1) is 0 Å². The Hall–Kier alpha value is -2.08. The molecule has 23 heavy (non-hydrogen) atoms. The number of aliphatic hydroxyl groups is 1. The van der Waals surface area contributed by atoms with E-state index in [0.29, 0.717) is 6.42 Å². The van der Waals surface area contributed by atoms with Gasteiger partial charge in [-0.2, -0.15) is 0 Å². The van der Waals surface area contributed by atoms with Crippen molar-refractivity contribution in [3.8, 4) is 0 Å². The van der Waals surface area contributed by atoms with Gasteiger partial charge in [0.05, 0.1) is 18.6 Å². The number of ether oxygens (including phenoxy) is 1. The van der Waals surface area contributed by atoms with Crippen LogP contribution in [0.3, 0.4) is 0 Å². The van der Waals surface area contributed by atoms with Crippen LogP contribution in [-0.4, -0.2) is 41.9 Å². The summed E-state index contributed by atoms with van der Waals surface area (Å²) in [6, 6.07) is 8.83. The zero-order valence-corrected chi connectivity index (χ0v) is 14.1. The molecule has 0 unspecified atom stereocenters. The molecule has 6 heteroatoms. The minimum atomic E-state index is -1.01. The Kier molecular flexibility index (Phi) is 7.03. The predicted molar refractivity (Wildman–Crippen MR) is 88.0 cm³/mol. The molecule has 0 spiro atoms. The van der Waals surface area contributed by atoms with Gasteiger partial charge in [-0.05, 0) is 32.8 Å². The molecule has 3 N–H and O–H groups in total. The summed E-state index contributed by atoms with van der Waals surface area (Å²) in [6.45, 7) is 5.29. The summed E-state index contributed by atoms with van der Waals surface area (Å²) in [7, 11) is 1.50. The van der Waals surface area contributed by atoms with Crippen LogP contribution in [0.15, 0.2) is 30.3 Å². The van der Waals surface area contributed by atoms with E-state index in [-0.39, 0.29) is 12.3 Å². The molecule has 1 aromatic carbocycles. The van der Waals surface area contributed by atoms with Gasteiger partial charge in [-0.1, -0.05) is 30.3 Å². The fourth-order valence-electron chi connectivity index (χ4n) is 2.04. The van der Waals surface area contributed by atoms with E-state index < -0.39 is 23.8 Å². The Bertz CT molecular complexity index is 511. The lowest BCUT2D eigenvalue weighted by Crippen LogP contribution is -2.48. The summed E-state index contributed by atoms with van der Waals surface area (Å²) in [4.78, 5) is 23.5. The molecule has 0 radical (unpaired) electrons. The van der Waals surface area contributed by atoms with Crippen LogP contribution in [0.2, 0.25) is 0 Å². The molecule has 0 saturated carbocycles. The molecular formula is C17H26N2O4. The first-order valence-corrected chi connectivity index (χ1v) is 7.63. The van der Waals surface area contributed by atoms with Crippen LogP contribution in [0.4, 0.5) is 4.79 Å². The molecular weight excluding hydrogens is 296 g/mol. The quantitative estimate of drug-likeness (QED) is 0.742. The van der Waals surface area contributed by atoms with Crippen molar-refractivity contribution in [2.45, 2.75) is 51.4 Å². The van der Waals surface area contributed by atoms with Gasteiger partial charge in [0.25, 0.3) is 0 Å². The van der Waals surface area contributed by atoms with E-state index in [4.69, 9.17) is 4.74 Å². The van der Waals surface area contributed by atoms with Gasteiger partial charge >= 0.3 is 6.09 Å². The summed E-state index contributed by atoms with van der Waals surface area (Å²) < 4.78 is 5.23. The van der Waals surface area contributed by atoms with Crippen molar-refractivity contribution in [1.29, 1.82) is 0 Å². The lowest BCUT2D eigenvalue weighted by atomic mass is 9.99. The number of rotatable bonds is 6. The average Bonchev–Trinajstić information content (AvgIpc) is 2.45. The van der Waals surface area contributed by atoms with Crippen LogP contribution >= 0.6 is 0 Å². The second-order valence-corrected chi connectivity index (χ2v) is 6.39. The third-order valence-electron chi connectivity index (χ3n) is 3.14. The minimum absolute atomic E-state index is 0.0935. The molecule has 0 heterocycles. The van der Waals surface area contributed by atoms with Crippen LogP contribution < -0.4 is 10.6 Å². The van der Waals surface area contributed by atoms with E-state index in [0.717, 1.165) is 5.56 Å². The molecule has 0 aromatic heterocycles. The number of benzene rings is 1. The summed E-state index contributed by atoms with van der Waals surface area (Å²) >= 11 is 0. The number of nitrogens with one attached hydrogen (secondary N) is 2. The largest absolute Gasteiger partial charge is 0.444 e. The highest BCUT2D eigenvalue weighted by Gasteiger charge is 2.26. The number of amides is 2. The summed E-state index contributed by atoms with van der Waals surface area (Å²) in [6.07, 6.45) is -1.32. The monoisotopic (exact) mass is 322 g/mol. The topological polar surface area (TPSA) is 87.7 Å². The molecule has 0 bridgehead atoms. The van der Waals surface area contributed by atoms with E-state index in [2.05, 4.69) is 10.6 Å². The van der Waals surface area contributed by atoms with Gasteiger partial charge in [0.1, 0.15) is 5.60 Å². The number of hydrogen-bond donors (Lipinski definition) is 3. The molecule has 0 aliphatic carbocycles. The number of carbonyl (C=O) groups excluding carboxylic acids is 2. The zero-order chi connectivity index (χ0) is 17.5. The molecule has 2 atom stereocenters. The Labute approximate surface area is 137 Å². The maximum absolute atomic E-state index is 12.0. The van der Waals surface area contributed by atoms with Gasteiger partial charge in [0.2, 0.25) is 5.91 Å². The maximum Gasteiger partial charge on any atom is 0.407 e. The number of carbonyl (C=O) groups is 2. The molecule has 1 rings (SSSR count). The second-order valence-electron chi connectivity index (χ2n) is 6.39. The third-order valence-corrected chi connectivity index (χ3v) is 3.14. The van der Waals surface area contributed by atoms with Gasteiger partial charge in [0, 0.05) is 7.05 Å². The molecule has 2 amide bonds. The van der Waals surface area contributed by atoms with Gasteiger partial charge in [-0.15, -0.1) is 0 Å². The van der Waals surface area contributed by atoms with Crippen molar-refractivity contribution >= 4 is 12.0 Å². The lowest BCUT2D eigenvalue weighted by molar-refractivity contribution is -0.122. The van der Waals surface area contributed by atoms with Crippen LogP contribution in [0.5, 0.6) is 0 Å². The average molecular weight is 322 g/mol. The van der Waals surface area contributed by atoms with Gasteiger partial charge in [-0.25, -0.2) is 4.79 Å². The Morgan fingerprint density at radius 2 is 1.83 bits per heavy atom. The van der Waals surface area contributed by atoms with Crippen LogP contribution in [-0.2, 0) is 16.0 Å². The Morgan fingerprint density at radius 1 is 1.22 bits per heavy atom. The lowest BCUT2D eigenvalue weighted by Gasteiger charge is -2.26. The van der Waals surface area contributed by atoms with E-state index in [1.165, 1.54) is 7.05 Å². The third kappa shape index (κ3) is 7.65. The van der Waals surface area contributed by atoms with E-state index >= 15 is 0 Å². The van der Waals surface area contributed by atoms with Crippen LogP contribution in [0.25, 0.3) is 0 Å². The molecule has 0 aliphatic heterocycles. The van der Waals surface area contributed by atoms with Crippen molar-refractivity contribution in [3.05, 3.63) is 35.9 Å². The first-order valence-electron chi connectivity index (χ1n) is 7.63. The Morgan fingerprint density at radius 3 is 2.35 bits per heavy atom. The molecule has 128 valence electrons. The summed E-state index contributed by atoms with van der Waals surface area (Å²) in [5, 5.41) is 15.4. The fraction of sp³-hybridized carbons (Fsp3) is 0.529. The highest BCUT2D eigenvalue weighted by Crippen LogP contribution is 2.11. The predicted octanol–water partition coefficient (Wildman–Crippen LogP) is 1.62. The van der Waals surface area contributed by atoms with E-state index in [1.807, 2.05) is 30.3 Å². The van der Waals surface area contributed by atoms with E-state index in [1.54, 1.807) is 20.8 Å². The molecule has 0 fully saturated rings. The van der Waals surface area contributed by atoms with Gasteiger partial charge in [-0.3, -0.25) is 4.79 Å². The molecule has 0 aliphatic rings. The number of hydrogen-bond acceptors (Lipinski definition) is 4. The Balaban J connectivity index is 2.79. The molecule has 1 aromatic rings. The fourth-order valence-corrected chi connectivity index (χ4v) is 2.04. The van der Waals surface area contributed by atoms with Crippen molar-refractivity contribution < 1.29 is 19.4 Å². The summed E-state index contributed by atoms with van der Waals surface area (Å²) in [5.74, 6) is -0.290. The van der Waals surface area contributed by atoms with Gasteiger partial charge in [0.15, 0.2) is 0 Å². The SMILES string of the molecule is CNC(=O)C[C@@H](O)[C@H](Cc1ccccc1)NC(=O)OC(C)(C)C. The van der Waals surface area contributed by atoms with Crippen molar-refractivity contribution in [2.24, 2.45) is 0 Å². The standard InChI is InChI=1S/C17H26N2O4/c1-17(2,3)23-16(22)19-13(14(20)11-15(21)18-4)10-12-8-6-5-7-9-12/h5-9,13-14,20H,10-11H2,1-4H3,(H,18,21)(H,19,22)/t13-,14+/m0/s1. The highest BCUT2D eigenvalue weighted by atomic mass is 16.6. The second kappa shape index (κ2) is 8.53. The number of aliphatic hydroxyl groups excluding tert-OH is 1. The summed E-state index contributed by atoms with van der Waals surface area (Å²) in [5.41, 5.74) is 0.317. The van der Waals surface area contributed by atoms with Crippen LogP contribution in [0.1, 0.15) is 32.8 Å². The maximum atomic E-state index is 12.0. The minimum Gasteiger partial charge on any atom is -0.444 e. The smallest absolute Gasteiger partial charge is 0.407 e. The van der Waals surface area contributed by atoms with Crippen molar-refractivity contribution in [1.82, 2.24) is 10.6 Å². The highest BCUT2D eigenvalue weighted by molar-refractivity contribution is 5.76. The normalized spacial score (nSPS) is 13.8. The molecule has 6 nitrogen and oxygen atoms in total.